The molecular formula is C19H26F3NO5. The van der Waals surface area contributed by atoms with Crippen molar-refractivity contribution < 1.29 is 37.3 Å². The number of amides is 1. The number of ether oxygens (including phenoxy) is 2. The van der Waals surface area contributed by atoms with Gasteiger partial charge in [-0.1, -0.05) is 18.9 Å². The molecule has 1 rings (SSSR count). The van der Waals surface area contributed by atoms with Crippen LogP contribution < -0.4 is 14.8 Å². The van der Waals surface area contributed by atoms with E-state index in [9.17, 15) is 22.8 Å². The standard InChI is InChI=1S/C19H26F3NO5/c1-27-16-12-14(7-9-15(16)28-13-19(20,21)22)8-10-17(24)23-11-5-3-2-4-6-18(25)26/h7,9,12H,2-6,8,10-11,13H2,1H3,(H,23,24)(H,25,26). The molecule has 0 unspecified atom stereocenters. The van der Waals surface area contributed by atoms with Gasteiger partial charge in [0.05, 0.1) is 7.11 Å². The molecule has 0 aliphatic carbocycles. The maximum atomic E-state index is 12.3. The van der Waals surface area contributed by atoms with Gasteiger partial charge in [0.1, 0.15) is 0 Å². The minimum absolute atomic E-state index is 0.00377. The molecule has 0 spiro atoms. The van der Waals surface area contributed by atoms with Crippen molar-refractivity contribution in [3.63, 3.8) is 0 Å². The van der Waals surface area contributed by atoms with Crippen molar-refractivity contribution in [2.45, 2.75) is 51.1 Å². The average Bonchev–Trinajstić information content (AvgIpc) is 2.63. The first kappa shape index (κ1) is 23.6. The maximum absolute atomic E-state index is 12.3. The Labute approximate surface area is 162 Å². The van der Waals surface area contributed by atoms with E-state index in [2.05, 4.69) is 5.32 Å². The molecule has 1 aromatic carbocycles. The SMILES string of the molecule is COc1cc(CCC(=O)NCCCCCCC(=O)O)ccc1OCC(F)(F)F. The van der Waals surface area contributed by atoms with Crippen molar-refractivity contribution >= 4 is 11.9 Å². The van der Waals surface area contributed by atoms with Gasteiger partial charge in [-0.05, 0) is 37.0 Å². The van der Waals surface area contributed by atoms with Crippen LogP contribution in [0.3, 0.4) is 0 Å². The zero-order valence-electron chi connectivity index (χ0n) is 15.8. The largest absolute Gasteiger partial charge is 0.493 e. The van der Waals surface area contributed by atoms with Crippen LogP contribution in [-0.4, -0.2) is 43.4 Å². The maximum Gasteiger partial charge on any atom is 0.422 e. The second kappa shape index (κ2) is 12.1. The van der Waals surface area contributed by atoms with Gasteiger partial charge in [0.25, 0.3) is 0 Å². The smallest absolute Gasteiger partial charge is 0.422 e. The van der Waals surface area contributed by atoms with E-state index >= 15 is 0 Å². The lowest BCUT2D eigenvalue weighted by Gasteiger charge is -2.13. The van der Waals surface area contributed by atoms with Crippen molar-refractivity contribution in [3.05, 3.63) is 23.8 Å². The average molecular weight is 405 g/mol. The number of hydrogen-bond acceptors (Lipinski definition) is 4. The normalized spacial score (nSPS) is 11.1. The molecule has 0 saturated heterocycles. The van der Waals surface area contributed by atoms with Crippen molar-refractivity contribution in [2.75, 3.05) is 20.3 Å². The molecule has 28 heavy (non-hydrogen) atoms. The van der Waals surface area contributed by atoms with Gasteiger partial charge in [-0.3, -0.25) is 9.59 Å². The van der Waals surface area contributed by atoms with E-state index in [1.54, 1.807) is 12.1 Å². The van der Waals surface area contributed by atoms with Crippen LogP contribution in [0.1, 0.15) is 44.1 Å². The molecule has 0 aliphatic rings. The number of carbonyl (C=O) groups excluding carboxylic acids is 1. The number of carboxylic acid groups (broad SMARTS) is 1. The molecule has 0 fully saturated rings. The van der Waals surface area contributed by atoms with E-state index in [1.807, 2.05) is 0 Å². The number of unbranched alkanes of at least 4 members (excludes halogenated alkanes) is 3. The van der Waals surface area contributed by atoms with Gasteiger partial charge >= 0.3 is 12.1 Å². The molecule has 6 nitrogen and oxygen atoms in total. The molecular weight excluding hydrogens is 379 g/mol. The number of benzene rings is 1. The van der Waals surface area contributed by atoms with Crippen LogP contribution in [0.5, 0.6) is 11.5 Å². The van der Waals surface area contributed by atoms with E-state index < -0.39 is 18.8 Å². The van der Waals surface area contributed by atoms with Crippen LogP contribution >= 0.6 is 0 Å². The van der Waals surface area contributed by atoms with Crippen LogP contribution in [-0.2, 0) is 16.0 Å². The molecule has 1 amide bonds. The number of hydrogen-bond donors (Lipinski definition) is 2. The summed E-state index contributed by atoms with van der Waals surface area (Å²) in [5, 5.41) is 11.3. The van der Waals surface area contributed by atoms with Gasteiger partial charge in [-0.2, -0.15) is 13.2 Å². The van der Waals surface area contributed by atoms with E-state index in [0.29, 0.717) is 19.4 Å². The van der Waals surface area contributed by atoms with Crippen molar-refractivity contribution in [1.82, 2.24) is 5.32 Å². The Kier molecular flexibility index (Phi) is 10.2. The molecule has 9 heteroatoms. The first-order valence-electron chi connectivity index (χ1n) is 9.06. The van der Waals surface area contributed by atoms with Gasteiger partial charge in [-0.15, -0.1) is 0 Å². The topological polar surface area (TPSA) is 84.9 Å². The Balaban J connectivity index is 2.31. The number of nitrogens with one attached hydrogen (secondary N) is 1. The highest BCUT2D eigenvalue weighted by molar-refractivity contribution is 5.76. The third kappa shape index (κ3) is 10.6. The summed E-state index contributed by atoms with van der Waals surface area (Å²) in [6.07, 6.45) is -0.535. The van der Waals surface area contributed by atoms with Crippen molar-refractivity contribution in [1.29, 1.82) is 0 Å². The van der Waals surface area contributed by atoms with Gasteiger partial charge in [0.15, 0.2) is 18.1 Å². The summed E-state index contributed by atoms with van der Waals surface area (Å²) in [6, 6.07) is 4.56. The minimum Gasteiger partial charge on any atom is -0.493 e. The number of alkyl halides is 3. The summed E-state index contributed by atoms with van der Waals surface area (Å²) in [4.78, 5) is 22.2. The number of aryl methyl sites for hydroxylation is 1. The van der Waals surface area contributed by atoms with Crippen LogP contribution in [0.2, 0.25) is 0 Å². The molecule has 0 bridgehead atoms. The highest BCUT2D eigenvalue weighted by Gasteiger charge is 2.29. The third-order valence-electron chi connectivity index (χ3n) is 3.90. The third-order valence-corrected chi connectivity index (χ3v) is 3.90. The fourth-order valence-electron chi connectivity index (χ4n) is 2.48. The van der Waals surface area contributed by atoms with Crippen LogP contribution in [0.4, 0.5) is 13.2 Å². The Morgan fingerprint density at radius 3 is 2.43 bits per heavy atom. The van der Waals surface area contributed by atoms with E-state index in [-0.39, 0.29) is 30.2 Å². The fraction of sp³-hybridized carbons (Fsp3) is 0.579. The zero-order valence-corrected chi connectivity index (χ0v) is 15.8. The summed E-state index contributed by atoms with van der Waals surface area (Å²) >= 11 is 0. The molecule has 1 aromatic rings. The van der Waals surface area contributed by atoms with E-state index in [4.69, 9.17) is 14.6 Å². The lowest BCUT2D eigenvalue weighted by Crippen LogP contribution is -2.24. The predicted octanol–water partition coefficient (Wildman–Crippen LogP) is 3.72. The number of carboxylic acids is 1. The molecule has 0 radical (unpaired) electrons. The second-order valence-corrected chi connectivity index (χ2v) is 6.30. The Bertz CT molecular complexity index is 634. The van der Waals surface area contributed by atoms with Gasteiger partial charge in [0.2, 0.25) is 5.91 Å². The zero-order chi connectivity index (χ0) is 21.0. The lowest BCUT2D eigenvalue weighted by molar-refractivity contribution is -0.153. The van der Waals surface area contributed by atoms with Gasteiger partial charge < -0.3 is 19.9 Å². The molecule has 0 saturated carbocycles. The van der Waals surface area contributed by atoms with E-state index in [0.717, 1.165) is 24.8 Å². The molecule has 2 N–H and O–H groups in total. The van der Waals surface area contributed by atoms with Crippen LogP contribution in [0.25, 0.3) is 0 Å². The Morgan fingerprint density at radius 1 is 1.07 bits per heavy atom. The fourth-order valence-corrected chi connectivity index (χ4v) is 2.48. The quantitative estimate of drug-likeness (QED) is 0.489. The van der Waals surface area contributed by atoms with Gasteiger partial charge in [-0.25, -0.2) is 0 Å². The number of carbonyl (C=O) groups is 2. The monoisotopic (exact) mass is 405 g/mol. The first-order chi connectivity index (χ1) is 13.2. The number of aliphatic carboxylic acids is 1. The summed E-state index contributed by atoms with van der Waals surface area (Å²) in [6.45, 7) is -0.874. The van der Waals surface area contributed by atoms with Gasteiger partial charge in [0, 0.05) is 19.4 Å². The van der Waals surface area contributed by atoms with E-state index in [1.165, 1.54) is 13.2 Å². The van der Waals surface area contributed by atoms with Crippen molar-refractivity contribution in [2.24, 2.45) is 0 Å². The molecule has 0 heterocycles. The number of rotatable bonds is 13. The molecule has 0 atom stereocenters. The molecule has 0 aliphatic heterocycles. The summed E-state index contributed by atoms with van der Waals surface area (Å²) in [5.41, 5.74) is 0.750. The first-order valence-corrected chi connectivity index (χ1v) is 9.06. The second-order valence-electron chi connectivity index (χ2n) is 6.30. The highest BCUT2D eigenvalue weighted by Crippen LogP contribution is 2.30. The van der Waals surface area contributed by atoms with Crippen molar-refractivity contribution in [3.8, 4) is 11.5 Å². The highest BCUT2D eigenvalue weighted by atomic mass is 19.4. The number of methoxy groups -OCH3 is 1. The Hall–Kier alpha value is -2.45. The van der Waals surface area contributed by atoms with Crippen LogP contribution in [0, 0.1) is 0 Å². The summed E-state index contributed by atoms with van der Waals surface area (Å²) < 4.78 is 46.5. The molecule has 158 valence electrons. The Morgan fingerprint density at radius 2 is 1.79 bits per heavy atom. The van der Waals surface area contributed by atoms with Crippen LogP contribution in [0.15, 0.2) is 18.2 Å². The summed E-state index contributed by atoms with van der Waals surface area (Å²) in [5.74, 6) is -0.744. The summed E-state index contributed by atoms with van der Waals surface area (Å²) in [7, 11) is 1.34. The lowest BCUT2D eigenvalue weighted by atomic mass is 10.1. The predicted molar refractivity (Wildman–Crippen MR) is 96.6 cm³/mol. The minimum atomic E-state index is -4.43. The number of halogens is 3. The molecule has 0 aromatic heterocycles.